The number of hydrogen-bond donors (Lipinski definition) is 1. The molecular formula is C26H22IN3O5. The number of halogens is 1. The number of hydrogen-bond acceptors (Lipinski definition) is 6. The molecule has 0 aliphatic heterocycles. The van der Waals surface area contributed by atoms with E-state index in [1.807, 2.05) is 44.2 Å². The number of nitriles is 1. The Balaban J connectivity index is 1.85. The Morgan fingerprint density at radius 3 is 2.63 bits per heavy atom. The van der Waals surface area contributed by atoms with Crippen molar-refractivity contribution in [2.75, 3.05) is 11.9 Å². The van der Waals surface area contributed by atoms with Crippen molar-refractivity contribution >= 4 is 45.9 Å². The Labute approximate surface area is 216 Å². The topological polar surface area (TPSA) is 114 Å². The Kier molecular flexibility index (Phi) is 8.80. The summed E-state index contributed by atoms with van der Waals surface area (Å²) in [6.07, 6.45) is 1.43. The zero-order chi connectivity index (χ0) is 25.4. The summed E-state index contributed by atoms with van der Waals surface area (Å²) in [5.74, 6) is 0.392. The molecule has 0 saturated carbocycles. The molecule has 0 aliphatic carbocycles. The Morgan fingerprint density at radius 2 is 1.94 bits per heavy atom. The van der Waals surface area contributed by atoms with Gasteiger partial charge in [0.05, 0.1) is 15.1 Å². The summed E-state index contributed by atoms with van der Waals surface area (Å²) >= 11 is 2.13. The van der Waals surface area contributed by atoms with Crippen molar-refractivity contribution in [1.82, 2.24) is 0 Å². The van der Waals surface area contributed by atoms with Crippen LogP contribution in [0.25, 0.3) is 6.08 Å². The lowest BCUT2D eigenvalue weighted by Gasteiger charge is -2.15. The number of benzene rings is 3. The molecule has 35 heavy (non-hydrogen) atoms. The van der Waals surface area contributed by atoms with E-state index in [4.69, 9.17) is 9.47 Å². The van der Waals surface area contributed by atoms with Gasteiger partial charge in [0.1, 0.15) is 18.2 Å². The van der Waals surface area contributed by atoms with Crippen LogP contribution in [0.1, 0.15) is 23.6 Å². The van der Waals surface area contributed by atoms with Crippen molar-refractivity contribution < 1.29 is 19.2 Å². The predicted molar refractivity (Wildman–Crippen MR) is 141 cm³/mol. The molecule has 1 N–H and O–H groups in total. The summed E-state index contributed by atoms with van der Waals surface area (Å²) in [5.41, 5.74) is 2.64. The molecular weight excluding hydrogens is 561 g/mol. The summed E-state index contributed by atoms with van der Waals surface area (Å²) in [6.45, 7) is 4.65. The first-order valence-corrected chi connectivity index (χ1v) is 11.7. The molecule has 3 aromatic rings. The van der Waals surface area contributed by atoms with E-state index in [0.29, 0.717) is 30.3 Å². The Hall–Kier alpha value is -3.91. The fourth-order valence-electron chi connectivity index (χ4n) is 3.21. The van der Waals surface area contributed by atoms with E-state index in [1.165, 1.54) is 30.3 Å². The highest BCUT2D eigenvalue weighted by Crippen LogP contribution is 2.35. The molecule has 9 heteroatoms. The third kappa shape index (κ3) is 6.80. The molecule has 178 valence electrons. The van der Waals surface area contributed by atoms with E-state index in [-0.39, 0.29) is 16.9 Å². The maximum Gasteiger partial charge on any atom is 0.271 e. The van der Waals surface area contributed by atoms with Crippen LogP contribution >= 0.6 is 22.6 Å². The van der Waals surface area contributed by atoms with Gasteiger partial charge in [0.25, 0.3) is 11.6 Å². The predicted octanol–water partition coefficient (Wildman–Crippen LogP) is 6.03. The van der Waals surface area contributed by atoms with Crippen LogP contribution in [0, 0.1) is 31.9 Å². The second-order valence-corrected chi connectivity index (χ2v) is 8.57. The van der Waals surface area contributed by atoms with Gasteiger partial charge in [-0.2, -0.15) is 5.26 Å². The first kappa shape index (κ1) is 25.7. The van der Waals surface area contributed by atoms with E-state index < -0.39 is 10.8 Å². The number of aryl methyl sites for hydroxylation is 1. The van der Waals surface area contributed by atoms with Crippen molar-refractivity contribution in [1.29, 1.82) is 5.26 Å². The van der Waals surface area contributed by atoms with E-state index in [1.54, 1.807) is 12.1 Å². The van der Waals surface area contributed by atoms with Crippen LogP contribution in [0.3, 0.4) is 0 Å². The lowest BCUT2D eigenvalue weighted by atomic mass is 10.1. The molecule has 0 spiro atoms. The molecule has 0 aliphatic rings. The quantitative estimate of drug-likeness (QED) is 0.108. The molecule has 8 nitrogen and oxygen atoms in total. The van der Waals surface area contributed by atoms with Crippen LogP contribution in [-0.4, -0.2) is 17.4 Å². The van der Waals surface area contributed by atoms with Crippen LogP contribution in [-0.2, 0) is 11.4 Å². The zero-order valence-electron chi connectivity index (χ0n) is 19.1. The van der Waals surface area contributed by atoms with Crippen molar-refractivity contribution in [3.63, 3.8) is 0 Å². The van der Waals surface area contributed by atoms with Gasteiger partial charge in [-0.05, 0) is 77.4 Å². The second kappa shape index (κ2) is 12.0. The Bertz CT molecular complexity index is 1330. The highest BCUT2D eigenvalue weighted by Gasteiger charge is 2.16. The molecule has 3 rings (SSSR count). The standard InChI is InChI=1S/C26H22IN3O5/c1-3-34-24-13-18(12-23(27)25(24)35-16-19-8-5-4-7-17(19)2)11-20(15-28)26(31)29-21-9-6-10-22(14-21)30(32)33/h4-14H,3,16H2,1-2H3,(H,29,31)/b20-11+. The summed E-state index contributed by atoms with van der Waals surface area (Å²) in [4.78, 5) is 23.1. The normalized spacial score (nSPS) is 10.9. The fraction of sp³-hybridized carbons (Fsp3) is 0.154. The minimum atomic E-state index is -0.680. The van der Waals surface area contributed by atoms with Gasteiger partial charge in [-0.1, -0.05) is 30.3 Å². The molecule has 0 aromatic heterocycles. The van der Waals surface area contributed by atoms with E-state index in [9.17, 15) is 20.2 Å². The summed E-state index contributed by atoms with van der Waals surface area (Å²) in [6, 6.07) is 18.8. The Morgan fingerprint density at radius 1 is 1.17 bits per heavy atom. The smallest absolute Gasteiger partial charge is 0.271 e. The van der Waals surface area contributed by atoms with Gasteiger partial charge in [-0.25, -0.2) is 0 Å². The highest BCUT2D eigenvalue weighted by molar-refractivity contribution is 14.1. The first-order valence-electron chi connectivity index (χ1n) is 10.6. The molecule has 0 heterocycles. The average Bonchev–Trinajstić information content (AvgIpc) is 2.83. The zero-order valence-corrected chi connectivity index (χ0v) is 21.2. The summed E-state index contributed by atoms with van der Waals surface area (Å²) < 4.78 is 12.6. The maximum atomic E-state index is 12.7. The van der Waals surface area contributed by atoms with Gasteiger partial charge in [-0.15, -0.1) is 0 Å². The SMILES string of the molecule is CCOc1cc(/C=C(\C#N)C(=O)Nc2cccc([N+](=O)[O-])c2)cc(I)c1OCc1ccccc1C. The molecule has 0 atom stereocenters. The van der Waals surface area contributed by atoms with Gasteiger partial charge >= 0.3 is 0 Å². The monoisotopic (exact) mass is 583 g/mol. The van der Waals surface area contributed by atoms with E-state index >= 15 is 0 Å². The van der Waals surface area contributed by atoms with Crippen LogP contribution in [0.4, 0.5) is 11.4 Å². The maximum absolute atomic E-state index is 12.7. The van der Waals surface area contributed by atoms with Crippen LogP contribution in [0.15, 0.2) is 66.2 Å². The number of carbonyl (C=O) groups is 1. The van der Waals surface area contributed by atoms with E-state index in [0.717, 1.165) is 14.7 Å². The molecule has 3 aromatic carbocycles. The third-order valence-electron chi connectivity index (χ3n) is 4.96. The molecule has 0 saturated heterocycles. The molecule has 0 fully saturated rings. The van der Waals surface area contributed by atoms with Crippen molar-refractivity contribution in [3.8, 4) is 17.6 Å². The highest BCUT2D eigenvalue weighted by atomic mass is 127. The number of ether oxygens (including phenoxy) is 2. The number of nitro benzene ring substituents is 1. The lowest BCUT2D eigenvalue weighted by molar-refractivity contribution is -0.384. The van der Waals surface area contributed by atoms with Crippen LogP contribution in [0.5, 0.6) is 11.5 Å². The van der Waals surface area contributed by atoms with Gasteiger partial charge in [0, 0.05) is 17.8 Å². The first-order chi connectivity index (χ1) is 16.8. The number of nitrogens with zero attached hydrogens (tertiary/aromatic N) is 2. The number of nitrogens with one attached hydrogen (secondary N) is 1. The number of non-ortho nitro benzene ring substituents is 1. The number of amides is 1. The fourth-order valence-corrected chi connectivity index (χ4v) is 3.99. The molecule has 1 amide bonds. The number of carbonyl (C=O) groups excluding carboxylic acids is 1. The number of nitro groups is 1. The van der Waals surface area contributed by atoms with E-state index in [2.05, 4.69) is 27.9 Å². The largest absolute Gasteiger partial charge is 0.490 e. The van der Waals surface area contributed by atoms with Crippen LogP contribution in [0.2, 0.25) is 0 Å². The van der Waals surface area contributed by atoms with Gasteiger partial charge in [-0.3, -0.25) is 14.9 Å². The van der Waals surface area contributed by atoms with Crippen molar-refractivity contribution in [2.24, 2.45) is 0 Å². The molecule has 0 bridgehead atoms. The minimum Gasteiger partial charge on any atom is -0.490 e. The second-order valence-electron chi connectivity index (χ2n) is 7.41. The molecule has 0 unspecified atom stereocenters. The van der Waals surface area contributed by atoms with Crippen LogP contribution < -0.4 is 14.8 Å². The number of anilines is 1. The molecule has 0 radical (unpaired) electrons. The average molecular weight is 583 g/mol. The van der Waals surface area contributed by atoms with Crippen molar-refractivity contribution in [3.05, 3.63) is 96.6 Å². The minimum absolute atomic E-state index is 0.164. The number of rotatable bonds is 9. The van der Waals surface area contributed by atoms with Crippen molar-refractivity contribution in [2.45, 2.75) is 20.5 Å². The summed E-state index contributed by atoms with van der Waals surface area (Å²) in [7, 11) is 0. The summed E-state index contributed by atoms with van der Waals surface area (Å²) in [5, 5.41) is 23.1. The van der Waals surface area contributed by atoms with Gasteiger partial charge in [0.2, 0.25) is 0 Å². The van der Waals surface area contributed by atoms with Gasteiger partial charge < -0.3 is 14.8 Å². The van der Waals surface area contributed by atoms with Gasteiger partial charge in [0.15, 0.2) is 11.5 Å². The third-order valence-corrected chi connectivity index (χ3v) is 5.76. The lowest BCUT2D eigenvalue weighted by Crippen LogP contribution is -2.13.